The van der Waals surface area contributed by atoms with Crippen molar-refractivity contribution in [2.24, 2.45) is 0 Å². The number of nitrogens with one attached hydrogen (secondary N) is 1. The van der Waals surface area contributed by atoms with Gasteiger partial charge in [0.2, 0.25) is 0 Å². The number of hydrogen-bond acceptors (Lipinski definition) is 2. The molecule has 88 valence electrons. The lowest BCUT2D eigenvalue weighted by Gasteiger charge is -2.10. The van der Waals surface area contributed by atoms with E-state index in [1.807, 2.05) is 34.9 Å². The van der Waals surface area contributed by atoms with Gasteiger partial charge in [-0.25, -0.2) is 0 Å². The molecule has 1 aromatic carbocycles. The molecule has 3 nitrogen and oxygen atoms in total. The Hall–Kier alpha value is -1.61. The maximum atomic E-state index is 11.9. The maximum absolute atomic E-state index is 11.9. The Labute approximate surface area is 100 Å². The highest BCUT2D eigenvalue weighted by atomic mass is 16.1. The second kappa shape index (κ2) is 4.34. The van der Waals surface area contributed by atoms with E-state index in [1.165, 1.54) is 12.8 Å². The van der Waals surface area contributed by atoms with Gasteiger partial charge in [0.1, 0.15) is 0 Å². The van der Waals surface area contributed by atoms with Crippen molar-refractivity contribution in [3.63, 3.8) is 0 Å². The second-order valence-corrected chi connectivity index (χ2v) is 4.61. The van der Waals surface area contributed by atoms with Crippen molar-refractivity contribution in [3.8, 4) is 0 Å². The lowest BCUT2D eigenvalue weighted by Crippen LogP contribution is -2.27. The molecule has 2 aromatic rings. The third-order valence-corrected chi connectivity index (χ3v) is 3.24. The smallest absolute Gasteiger partial charge is 0.251 e. The number of nitrogens with zero attached hydrogens (tertiary/aromatic N) is 1. The van der Waals surface area contributed by atoms with E-state index in [1.54, 1.807) is 6.07 Å². The molecule has 0 bridgehead atoms. The van der Waals surface area contributed by atoms with Crippen molar-refractivity contribution in [2.75, 3.05) is 6.54 Å². The summed E-state index contributed by atoms with van der Waals surface area (Å²) in [6.45, 7) is 1.62. The van der Waals surface area contributed by atoms with Gasteiger partial charge in [0.15, 0.2) is 0 Å². The summed E-state index contributed by atoms with van der Waals surface area (Å²) in [5, 5.41) is 4.56. The topological polar surface area (TPSA) is 34.0 Å². The van der Waals surface area contributed by atoms with E-state index >= 15 is 0 Å². The predicted molar refractivity (Wildman–Crippen MR) is 69.2 cm³/mol. The Morgan fingerprint density at radius 1 is 1.18 bits per heavy atom. The quantitative estimate of drug-likeness (QED) is 0.865. The molecule has 0 unspecified atom stereocenters. The molecular weight excluding hydrogens is 212 g/mol. The summed E-state index contributed by atoms with van der Waals surface area (Å²) >= 11 is 0. The number of para-hydroxylation sites is 1. The minimum absolute atomic E-state index is 0.0845. The van der Waals surface area contributed by atoms with Crippen LogP contribution in [0.25, 0.3) is 10.9 Å². The molecule has 1 saturated carbocycles. The van der Waals surface area contributed by atoms with Crippen LogP contribution in [0.15, 0.2) is 41.2 Å². The number of aromatic nitrogens is 1. The fourth-order valence-electron chi connectivity index (χ4n) is 2.14. The van der Waals surface area contributed by atoms with E-state index in [4.69, 9.17) is 0 Å². The maximum Gasteiger partial charge on any atom is 0.251 e. The molecule has 0 atom stereocenters. The average molecular weight is 228 g/mol. The van der Waals surface area contributed by atoms with Crippen LogP contribution in [0.3, 0.4) is 0 Å². The molecule has 0 spiro atoms. The van der Waals surface area contributed by atoms with Crippen molar-refractivity contribution >= 4 is 10.9 Å². The molecule has 3 rings (SSSR count). The zero-order chi connectivity index (χ0) is 11.7. The van der Waals surface area contributed by atoms with Crippen LogP contribution in [0.4, 0.5) is 0 Å². The fourth-order valence-corrected chi connectivity index (χ4v) is 2.14. The highest BCUT2D eigenvalue weighted by Crippen LogP contribution is 2.18. The standard InChI is InChI=1S/C14H16N2O/c17-14-8-5-11-3-1-2-4-13(11)16(14)10-9-15-12-6-7-12/h1-5,8,12,15H,6-7,9-10H2. The third kappa shape index (κ3) is 2.24. The third-order valence-electron chi connectivity index (χ3n) is 3.24. The van der Waals surface area contributed by atoms with Gasteiger partial charge in [-0.2, -0.15) is 0 Å². The number of hydrogen-bond donors (Lipinski definition) is 1. The van der Waals surface area contributed by atoms with Gasteiger partial charge in [0, 0.05) is 25.2 Å². The zero-order valence-corrected chi connectivity index (χ0v) is 9.73. The van der Waals surface area contributed by atoms with E-state index in [0.717, 1.165) is 24.0 Å². The van der Waals surface area contributed by atoms with E-state index < -0.39 is 0 Å². The summed E-state index contributed by atoms with van der Waals surface area (Å²) in [6.07, 6.45) is 2.56. The molecule has 0 aliphatic heterocycles. The SMILES string of the molecule is O=c1ccc2ccccc2n1CCNC1CC1. The van der Waals surface area contributed by atoms with E-state index in [2.05, 4.69) is 5.32 Å². The lowest BCUT2D eigenvalue weighted by molar-refractivity contribution is 0.595. The van der Waals surface area contributed by atoms with E-state index in [-0.39, 0.29) is 5.56 Å². The molecule has 3 heteroatoms. The zero-order valence-electron chi connectivity index (χ0n) is 9.73. The van der Waals surface area contributed by atoms with Crippen molar-refractivity contribution in [1.82, 2.24) is 9.88 Å². The molecular formula is C14H16N2O. The molecule has 1 aliphatic carbocycles. The highest BCUT2D eigenvalue weighted by molar-refractivity contribution is 5.78. The average Bonchev–Trinajstić information content (AvgIpc) is 3.16. The molecule has 17 heavy (non-hydrogen) atoms. The Kier molecular flexibility index (Phi) is 2.69. The van der Waals surface area contributed by atoms with Gasteiger partial charge in [0.05, 0.1) is 5.52 Å². The van der Waals surface area contributed by atoms with Crippen molar-refractivity contribution in [2.45, 2.75) is 25.4 Å². The molecule has 1 N–H and O–H groups in total. The van der Waals surface area contributed by atoms with Crippen molar-refractivity contribution < 1.29 is 0 Å². The molecule has 0 radical (unpaired) electrons. The lowest BCUT2D eigenvalue weighted by atomic mass is 10.2. The summed E-state index contributed by atoms with van der Waals surface area (Å²) < 4.78 is 1.85. The molecule has 0 saturated heterocycles. The largest absolute Gasteiger partial charge is 0.312 e. The molecule has 1 aromatic heterocycles. The Balaban J connectivity index is 1.89. The van der Waals surface area contributed by atoms with Gasteiger partial charge < -0.3 is 9.88 Å². The van der Waals surface area contributed by atoms with Crippen LogP contribution in [-0.4, -0.2) is 17.2 Å². The minimum Gasteiger partial charge on any atom is -0.312 e. The van der Waals surface area contributed by atoms with Gasteiger partial charge in [-0.1, -0.05) is 18.2 Å². The van der Waals surface area contributed by atoms with Crippen LogP contribution in [0.5, 0.6) is 0 Å². The second-order valence-electron chi connectivity index (χ2n) is 4.61. The van der Waals surface area contributed by atoms with Crippen molar-refractivity contribution in [3.05, 3.63) is 46.8 Å². The van der Waals surface area contributed by atoms with Gasteiger partial charge >= 0.3 is 0 Å². The summed E-state index contributed by atoms with van der Waals surface area (Å²) in [7, 11) is 0. The van der Waals surface area contributed by atoms with Crippen molar-refractivity contribution in [1.29, 1.82) is 0 Å². The van der Waals surface area contributed by atoms with Crippen LogP contribution in [0.1, 0.15) is 12.8 Å². The first-order chi connectivity index (χ1) is 8.34. The summed E-state index contributed by atoms with van der Waals surface area (Å²) in [5.41, 5.74) is 1.11. The number of pyridine rings is 1. The van der Waals surface area contributed by atoms with Crippen LogP contribution in [0, 0.1) is 0 Å². The fraction of sp³-hybridized carbons (Fsp3) is 0.357. The van der Waals surface area contributed by atoms with Gasteiger partial charge in [-0.05, 0) is 30.4 Å². The summed E-state index contributed by atoms with van der Waals surface area (Å²) in [5.74, 6) is 0. The monoisotopic (exact) mass is 228 g/mol. The van der Waals surface area contributed by atoms with Gasteiger partial charge in [-0.15, -0.1) is 0 Å². The Morgan fingerprint density at radius 2 is 2.00 bits per heavy atom. The van der Waals surface area contributed by atoms with Crippen LogP contribution in [0.2, 0.25) is 0 Å². The number of rotatable bonds is 4. The Morgan fingerprint density at radius 3 is 2.82 bits per heavy atom. The minimum atomic E-state index is 0.0845. The van der Waals surface area contributed by atoms with Crippen LogP contribution < -0.4 is 10.9 Å². The Bertz CT molecular complexity index is 584. The van der Waals surface area contributed by atoms with Gasteiger partial charge in [0.25, 0.3) is 5.56 Å². The first-order valence-corrected chi connectivity index (χ1v) is 6.16. The van der Waals surface area contributed by atoms with E-state index in [9.17, 15) is 4.79 Å². The predicted octanol–water partition coefficient (Wildman–Crippen LogP) is 1.75. The first kappa shape index (κ1) is 10.5. The first-order valence-electron chi connectivity index (χ1n) is 6.16. The molecule has 1 fully saturated rings. The van der Waals surface area contributed by atoms with Crippen LogP contribution >= 0.6 is 0 Å². The normalized spacial score (nSPS) is 15.3. The van der Waals surface area contributed by atoms with E-state index in [0.29, 0.717) is 6.04 Å². The molecule has 1 aliphatic rings. The van der Waals surface area contributed by atoms with Crippen LogP contribution in [-0.2, 0) is 6.54 Å². The number of benzene rings is 1. The summed E-state index contributed by atoms with van der Waals surface area (Å²) in [6, 6.07) is 12.3. The van der Waals surface area contributed by atoms with Gasteiger partial charge in [-0.3, -0.25) is 4.79 Å². The highest BCUT2D eigenvalue weighted by Gasteiger charge is 2.19. The molecule has 0 amide bonds. The molecule has 1 heterocycles. The summed E-state index contributed by atoms with van der Waals surface area (Å²) in [4.78, 5) is 11.9. The number of fused-ring (bicyclic) bond motifs is 1.